The molecule has 1 amide bonds. The fraction of sp³-hybridized carbons (Fsp3) is 0.450. The van der Waals surface area contributed by atoms with E-state index in [0.29, 0.717) is 19.7 Å². The zero-order valence-electron chi connectivity index (χ0n) is 14.5. The van der Waals surface area contributed by atoms with Gasteiger partial charge in [0.25, 0.3) is 5.91 Å². The fourth-order valence-electron chi connectivity index (χ4n) is 3.51. The fourth-order valence-corrected chi connectivity index (χ4v) is 4.73. The summed E-state index contributed by atoms with van der Waals surface area (Å²) in [4.78, 5) is 17.1. The number of thiophene rings is 1. The monoisotopic (exact) mass is 357 g/mol. The second-order valence-corrected chi connectivity index (χ2v) is 7.74. The highest BCUT2D eigenvalue weighted by Gasteiger charge is 2.27. The maximum Gasteiger partial charge on any atom is 0.264 e. The summed E-state index contributed by atoms with van der Waals surface area (Å²) in [5.41, 5.74) is 1.38. The summed E-state index contributed by atoms with van der Waals surface area (Å²) in [6.45, 7) is 3.71. The van der Waals surface area contributed by atoms with Crippen LogP contribution in [0.15, 0.2) is 30.3 Å². The van der Waals surface area contributed by atoms with Gasteiger partial charge in [0.2, 0.25) is 0 Å². The Labute approximate surface area is 152 Å². The third-order valence-electron chi connectivity index (χ3n) is 4.87. The molecule has 2 aromatic rings. The van der Waals surface area contributed by atoms with Crippen molar-refractivity contribution in [3.05, 3.63) is 45.6 Å². The molecule has 1 aromatic carbocycles. The smallest absolute Gasteiger partial charge is 0.264 e. The van der Waals surface area contributed by atoms with Gasteiger partial charge < -0.3 is 14.4 Å². The molecule has 1 atom stereocenters. The van der Waals surface area contributed by atoms with Gasteiger partial charge in [0, 0.05) is 11.4 Å². The SMILES string of the molecule is CCN(CC1COc2ccccc2O1)C(=O)c1cc2c(s1)CCCC2. The van der Waals surface area contributed by atoms with E-state index in [-0.39, 0.29) is 12.0 Å². The van der Waals surface area contributed by atoms with Gasteiger partial charge >= 0.3 is 0 Å². The minimum absolute atomic E-state index is 0.115. The van der Waals surface area contributed by atoms with E-state index >= 15 is 0 Å². The number of ether oxygens (including phenoxy) is 2. The van der Waals surface area contributed by atoms with E-state index in [1.807, 2.05) is 36.1 Å². The van der Waals surface area contributed by atoms with Crippen molar-refractivity contribution in [3.63, 3.8) is 0 Å². The van der Waals surface area contributed by atoms with E-state index in [4.69, 9.17) is 9.47 Å². The predicted molar refractivity (Wildman–Crippen MR) is 98.9 cm³/mol. The Bertz CT molecular complexity index is 747. The van der Waals surface area contributed by atoms with Gasteiger partial charge in [0.15, 0.2) is 17.6 Å². The first-order chi connectivity index (χ1) is 12.2. The van der Waals surface area contributed by atoms with Crippen molar-refractivity contribution in [2.75, 3.05) is 19.7 Å². The molecule has 0 radical (unpaired) electrons. The molecule has 25 heavy (non-hydrogen) atoms. The van der Waals surface area contributed by atoms with Crippen LogP contribution in [0.5, 0.6) is 11.5 Å². The molecule has 0 saturated carbocycles. The number of para-hydroxylation sites is 2. The van der Waals surface area contributed by atoms with Crippen LogP contribution < -0.4 is 9.47 Å². The quantitative estimate of drug-likeness (QED) is 0.832. The van der Waals surface area contributed by atoms with Crippen molar-refractivity contribution >= 4 is 17.2 Å². The summed E-state index contributed by atoms with van der Waals surface area (Å²) in [6, 6.07) is 9.79. The van der Waals surface area contributed by atoms with Crippen LogP contribution in [0.3, 0.4) is 0 Å². The molecular weight excluding hydrogens is 334 g/mol. The molecule has 4 rings (SSSR count). The van der Waals surface area contributed by atoms with Crippen molar-refractivity contribution in [3.8, 4) is 11.5 Å². The number of likely N-dealkylation sites (N-methyl/N-ethyl adjacent to an activating group) is 1. The number of carbonyl (C=O) groups excluding carboxylic acids is 1. The van der Waals surface area contributed by atoms with Crippen LogP contribution in [-0.2, 0) is 12.8 Å². The number of fused-ring (bicyclic) bond motifs is 2. The number of hydrogen-bond donors (Lipinski definition) is 0. The molecule has 0 saturated heterocycles. The number of rotatable bonds is 4. The third kappa shape index (κ3) is 3.38. The second kappa shape index (κ2) is 7.08. The van der Waals surface area contributed by atoms with Gasteiger partial charge in [0.05, 0.1) is 11.4 Å². The lowest BCUT2D eigenvalue weighted by Gasteiger charge is -2.30. The highest BCUT2D eigenvalue weighted by atomic mass is 32.1. The van der Waals surface area contributed by atoms with E-state index in [2.05, 4.69) is 6.07 Å². The van der Waals surface area contributed by atoms with Gasteiger partial charge in [-0.3, -0.25) is 4.79 Å². The van der Waals surface area contributed by atoms with Gasteiger partial charge in [-0.15, -0.1) is 11.3 Å². The molecule has 1 aliphatic heterocycles. The van der Waals surface area contributed by atoms with E-state index < -0.39 is 0 Å². The first-order valence-electron chi connectivity index (χ1n) is 9.04. The molecule has 5 heteroatoms. The van der Waals surface area contributed by atoms with E-state index in [1.165, 1.54) is 23.3 Å². The molecule has 1 aromatic heterocycles. The van der Waals surface area contributed by atoms with Crippen LogP contribution in [-0.4, -0.2) is 36.6 Å². The average Bonchev–Trinajstić information content (AvgIpc) is 3.09. The van der Waals surface area contributed by atoms with Gasteiger partial charge in [-0.2, -0.15) is 0 Å². The normalized spacial score (nSPS) is 18.5. The number of benzene rings is 1. The Morgan fingerprint density at radius 2 is 2.04 bits per heavy atom. The molecule has 2 aliphatic rings. The summed E-state index contributed by atoms with van der Waals surface area (Å²) >= 11 is 1.67. The maximum absolute atomic E-state index is 13.0. The molecule has 4 nitrogen and oxygen atoms in total. The molecule has 0 fully saturated rings. The number of aryl methyl sites for hydroxylation is 2. The zero-order valence-corrected chi connectivity index (χ0v) is 15.3. The van der Waals surface area contributed by atoms with Gasteiger partial charge in [-0.1, -0.05) is 12.1 Å². The Morgan fingerprint density at radius 1 is 1.24 bits per heavy atom. The number of hydrogen-bond acceptors (Lipinski definition) is 4. The highest BCUT2D eigenvalue weighted by molar-refractivity contribution is 7.14. The Kier molecular flexibility index (Phi) is 4.66. The van der Waals surface area contributed by atoms with Crippen molar-refractivity contribution in [2.45, 2.75) is 38.7 Å². The van der Waals surface area contributed by atoms with Crippen LogP contribution in [0.4, 0.5) is 0 Å². The highest BCUT2D eigenvalue weighted by Crippen LogP contribution is 2.32. The molecule has 132 valence electrons. The van der Waals surface area contributed by atoms with Crippen LogP contribution >= 0.6 is 11.3 Å². The van der Waals surface area contributed by atoms with E-state index in [0.717, 1.165) is 29.2 Å². The average molecular weight is 357 g/mol. The van der Waals surface area contributed by atoms with Gasteiger partial charge in [-0.25, -0.2) is 0 Å². The standard InChI is InChI=1S/C20H23NO3S/c1-2-21(12-15-13-23-16-8-4-5-9-17(16)24-15)20(22)19-11-14-7-3-6-10-18(14)25-19/h4-5,8-9,11,15H,2-3,6-7,10,12-13H2,1H3. The lowest BCUT2D eigenvalue weighted by atomic mass is 9.99. The first-order valence-corrected chi connectivity index (χ1v) is 9.85. The van der Waals surface area contributed by atoms with Crippen molar-refractivity contribution < 1.29 is 14.3 Å². The summed E-state index contributed by atoms with van der Waals surface area (Å²) < 4.78 is 11.8. The number of carbonyl (C=O) groups is 1. The Balaban J connectivity index is 1.45. The molecule has 2 heterocycles. The molecule has 0 bridgehead atoms. The molecule has 0 spiro atoms. The molecule has 1 unspecified atom stereocenters. The summed E-state index contributed by atoms with van der Waals surface area (Å²) in [7, 11) is 0. The lowest BCUT2D eigenvalue weighted by Crippen LogP contribution is -2.43. The zero-order chi connectivity index (χ0) is 17.2. The van der Waals surface area contributed by atoms with Crippen LogP contribution in [0, 0.1) is 0 Å². The lowest BCUT2D eigenvalue weighted by molar-refractivity contribution is 0.0478. The Morgan fingerprint density at radius 3 is 2.84 bits per heavy atom. The number of nitrogens with zero attached hydrogens (tertiary/aromatic N) is 1. The van der Waals surface area contributed by atoms with Crippen molar-refractivity contribution in [1.82, 2.24) is 4.90 Å². The summed E-state index contributed by atoms with van der Waals surface area (Å²) in [6.07, 6.45) is 4.58. The number of amides is 1. The minimum Gasteiger partial charge on any atom is -0.486 e. The summed E-state index contributed by atoms with van der Waals surface area (Å²) in [5.74, 6) is 1.65. The minimum atomic E-state index is -0.131. The summed E-state index contributed by atoms with van der Waals surface area (Å²) in [5, 5.41) is 0. The molecule has 1 aliphatic carbocycles. The van der Waals surface area contributed by atoms with Crippen molar-refractivity contribution in [1.29, 1.82) is 0 Å². The van der Waals surface area contributed by atoms with Crippen LogP contribution in [0.25, 0.3) is 0 Å². The third-order valence-corrected chi connectivity index (χ3v) is 6.09. The topological polar surface area (TPSA) is 38.8 Å². The maximum atomic E-state index is 13.0. The molecular formula is C20H23NO3S. The van der Waals surface area contributed by atoms with Crippen LogP contribution in [0.2, 0.25) is 0 Å². The first kappa shape index (κ1) is 16.5. The second-order valence-electron chi connectivity index (χ2n) is 6.61. The Hall–Kier alpha value is -2.01. The van der Waals surface area contributed by atoms with Crippen molar-refractivity contribution in [2.24, 2.45) is 0 Å². The van der Waals surface area contributed by atoms with Crippen LogP contribution in [0.1, 0.15) is 39.9 Å². The molecule has 0 N–H and O–H groups in total. The predicted octanol–water partition coefficient (Wildman–Crippen LogP) is 3.93. The largest absolute Gasteiger partial charge is 0.486 e. The van der Waals surface area contributed by atoms with Gasteiger partial charge in [0.1, 0.15) is 6.61 Å². The van der Waals surface area contributed by atoms with E-state index in [1.54, 1.807) is 11.3 Å². The van der Waals surface area contributed by atoms with Gasteiger partial charge in [-0.05, 0) is 56.4 Å². The van der Waals surface area contributed by atoms with E-state index in [9.17, 15) is 4.79 Å².